The van der Waals surface area contributed by atoms with Crippen LogP contribution in [-0.2, 0) is 4.74 Å². The lowest BCUT2D eigenvalue weighted by Crippen LogP contribution is -2.42. The molecule has 2 fully saturated rings. The Morgan fingerprint density at radius 1 is 1.26 bits per heavy atom. The van der Waals surface area contributed by atoms with Crippen LogP contribution in [0.5, 0.6) is 0 Å². The van der Waals surface area contributed by atoms with Crippen LogP contribution in [0.15, 0.2) is 12.4 Å². The molecule has 3 heterocycles. The standard InChI is InChI=1S/C17H29N5O/c1-21(2)17-10-16(18-13-19-17)20-15-5-7-22(8-6-15)11-14-4-3-9-23-12-14/h10,13-15H,3-9,11-12H2,1-2H3,(H,18,19,20). The zero-order valence-corrected chi connectivity index (χ0v) is 14.4. The van der Waals surface area contributed by atoms with Crippen LogP contribution in [0.4, 0.5) is 11.6 Å². The van der Waals surface area contributed by atoms with Crippen LogP contribution in [0.3, 0.4) is 0 Å². The number of nitrogens with zero attached hydrogens (tertiary/aromatic N) is 4. The third-order valence-corrected chi connectivity index (χ3v) is 4.82. The minimum absolute atomic E-state index is 0.513. The van der Waals surface area contributed by atoms with E-state index in [2.05, 4.69) is 20.2 Å². The van der Waals surface area contributed by atoms with E-state index in [0.29, 0.717) is 6.04 Å². The lowest BCUT2D eigenvalue weighted by Gasteiger charge is -2.35. The third kappa shape index (κ3) is 4.78. The number of hydrogen-bond acceptors (Lipinski definition) is 6. The Kier molecular flexibility index (Phi) is 5.67. The molecule has 0 bridgehead atoms. The first-order valence-electron chi connectivity index (χ1n) is 8.76. The molecule has 0 aromatic carbocycles. The molecule has 23 heavy (non-hydrogen) atoms. The lowest BCUT2D eigenvalue weighted by atomic mass is 9.99. The van der Waals surface area contributed by atoms with E-state index in [9.17, 15) is 0 Å². The van der Waals surface area contributed by atoms with Gasteiger partial charge in [0, 0.05) is 52.4 Å². The zero-order valence-electron chi connectivity index (χ0n) is 14.4. The SMILES string of the molecule is CN(C)c1cc(NC2CCN(CC3CCCOC3)CC2)ncn1. The fraction of sp³-hybridized carbons (Fsp3) is 0.765. The molecule has 0 aliphatic carbocycles. The van der Waals surface area contributed by atoms with Gasteiger partial charge in [0.25, 0.3) is 0 Å². The van der Waals surface area contributed by atoms with Crippen LogP contribution < -0.4 is 10.2 Å². The molecule has 2 aliphatic heterocycles. The largest absolute Gasteiger partial charge is 0.381 e. The van der Waals surface area contributed by atoms with Crippen molar-refractivity contribution in [2.75, 3.05) is 57.2 Å². The van der Waals surface area contributed by atoms with Crippen LogP contribution in [0.2, 0.25) is 0 Å². The van der Waals surface area contributed by atoms with Gasteiger partial charge in [-0.1, -0.05) is 0 Å². The highest BCUT2D eigenvalue weighted by molar-refractivity contribution is 5.47. The van der Waals surface area contributed by atoms with E-state index in [1.807, 2.05) is 25.1 Å². The van der Waals surface area contributed by atoms with Crippen molar-refractivity contribution in [2.24, 2.45) is 5.92 Å². The van der Waals surface area contributed by atoms with E-state index in [-0.39, 0.29) is 0 Å². The van der Waals surface area contributed by atoms with Crippen LogP contribution in [-0.4, -0.2) is 67.9 Å². The first kappa shape index (κ1) is 16.5. The van der Waals surface area contributed by atoms with Crippen molar-refractivity contribution in [3.63, 3.8) is 0 Å². The van der Waals surface area contributed by atoms with Crippen LogP contribution >= 0.6 is 0 Å². The Morgan fingerprint density at radius 3 is 2.78 bits per heavy atom. The summed E-state index contributed by atoms with van der Waals surface area (Å²) in [5.74, 6) is 2.61. The summed E-state index contributed by atoms with van der Waals surface area (Å²) in [6, 6.07) is 2.53. The third-order valence-electron chi connectivity index (χ3n) is 4.82. The van der Waals surface area contributed by atoms with E-state index in [1.54, 1.807) is 6.33 Å². The molecule has 1 atom stereocenters. The average Bonchev–Trinajstić information content (AvgIpc) is 2.58. The molecule has 0 radical (unpaired) electrons. The topological polar surface area (TPSA) is 53.5 Å². The van der Waals surface area contributed by atoms with Crippen molar-refractivity contribution >= 4 is 11.6 Å². The van der Waals surface area contributed by atoms with Crippen molar-refractivity contribution in [3.8, 4) is 0 Å². The van der Waals surface area contributed by atoms with Crippen LogP contribution in [0, 0.1) is 5.92 Å². The molecule has 2 saturated heterocycles. The summed E-state index contributed by atoms with van der Waals surface area (Å²) < 4.78 is 5.60. The Labute approximate surface area is 139 Å². The fourth-order valence-electron chi connectivity index (χ4n) is 3.46. The van der Waals surface area contributed by atoms with Crippen molar-refractivity contribution in [2.45, 2.75) is 31.7 Å². The highest BCUT2D eigenvalue weighted by atomic mass is 16.5. The molecular weight excluding hydrogens is 290 g/mol. The average molecular weight is 319 g/mol. The number of aromatic nitrogens is 2. The van der Waals surface area contributed by atoms with Gasteiger partial charge < -0.3 is 19.9 Å². The molecule has 1 aromatic rings. The fourth-order valence-corrected chi connectivity index (χ4v) is 3.46. The molecule has 1 unspecified atom stereocenters. The molecule has 6 nitrogen and oxygen atoms in total. The molecule has 2 aliphatic rings. The van der Waals surface area contributed by atoms with Crippen LogP contribution in [0.1, 0.15) is 25.7 Å². The van der Waals surface area contributed by atoms with Gasteiger partial charge in [-0.3, -0.25) is 0 Å². The van der Waals surface area contributed by atoms with E-state index >= 15 is 0 Å². The monoisotopic (exact) mass is 319 g/mol. The van der Waals surface area contributed by atoms with Gasteiger partial charge in [-0.15, -0.1) is 0 Å². The van der Waals surface area contributed by atoms with Gasteiger partial charge in [0.1, 0.15) is 18.0 Å². The first-order chi connectivity index (χ1) is 11.2. The molecule has 128 valence electrons. The second-order valence-corrected chi connectivity index (χ2v) is 6.96. The predicted octanol–water partition coefficient (Wildman–Crippen LogP) is 1.85. The molecule has 3 rings (SSSR count). The lowest BCUT2D eigenvalue weighted by molar-refractivity contribution is 0.0351. The molecule has 0 saturated carbocycles. The number of piperidine rings is 1. The summed E-state index contributed by atoms with van der Waals surface area (Å²) in [6.45, 7) is 5.44. The Hall–Kier alpha value is -1.40. The van der Waals surface area contributed by atoms with Crippen LogP contribution in [0.25, 0.3) is 0 Å². The maximum absolute atomic E-state index is 5.60. The maximum atomic E-state index is 5.60. The number of ether oxygens (including phenoxy) is 1. The van der Waals surface area contributed by atoms with Gasteiger partial charge in [0.05, 0.1) is 6.61 Å². The molecule has 6 heteroatoms. The minimum atomic E-state index is 0.513. The number of likely N-dealkylation sites (tertiary alicyclic amines) is 1. The highest BCUT2D eigenvalue weighted by Gasteiger charge is 2.23. The van der Waals surface area contributed by atoms with E-state index < -0.39 is 0 Å². The van der Waals surface area contributed by atoms with Crippen molar-refractivity contribution in [3.05, 3.63) is 12.4 Å². The second-order valence-electron chi connectivity index (χ2n) is 6.96. The van der Waals surface area contributed by atoms with Gasteiger partial charge in [0.2, 0.25) is 0 Å². The summed E-state index contributed by atoms with van der Waals surface area (Å²) in [6.07, 6.45) is 6.54. The number of hydrogen-bond donors (Lipinski definition) is 1. The molecule has 1 aromatic heterocycles. The quantitative estimate of drug-likeness (QED) is 0.894. The second kappa shape index (κ2) is 7.93. The molecule has 0 spiro atoms. The minimum Gasteiger partial charge on any atom is -0.381 e. The van der Waals surface area contributed by atoms with Crippen molar-refractivity contribution < 1.29 is 4.74 Å². The normalized spacial score (nSPS) is 23.7. The summed E-state index contributed by atoms with van der Waals surface area (Å²) in [5.41, 5.74) is 0. The summed E-state index contributed by atoms with van der Waals surface area (Å²) in [4.78, 5) is 13.2. The van der Waals surface area contributed by atoms with Gasteiger partial charge in [-0.05, 0) is 31.6 Å². The smallest absolute Gasteiger partial charge is 0.133 e. The van der Waals surface area contributed by atoms with Gasteiger partial charge in [-0.25, -0.2) is 9.97 Å². The summed E-state index contributed by atoms with van der Waals surface area (Å²) in [5, 5.41) is 3.57. The van der Waals surface area contributed by atoms with Crippen molar-refractivity contribution in [1.29, 1.82) is 0 Å². The Morgan fingerprint density at radius 2 is 2.09 bits per heavy atom. The molecule has 1 N–H and O–H groups in total. The van der Waals surface area contributed by atoms with E-state index in [0.717, 1.165) is 30.8 Å². The zero-order chi connectivity index (χ0) is 16.1. The van der Waals surface area contributed by atoms with Gasteiger partial charge in [-0.2, -0.15) is 0 Å². The Balaban J connectivity index is 1.44. The molecular formula is C17H29N5O. The first-order valence-corrected chi connectivity index (χ1v) is 8.76. The van der Waals surface area contributed by atoms with Gasteiger partial charge in [0.15, 0.2) is 0 Å². The van der Waals surface area contributed by atoms with Crippen molar-refractivity contribution in [1.82, 2.24) is 14.9 Å². The predicted molar refractivity (Wildman–Crippen MR) is 93.0 cm³/mol. The number of rotatable bonds is 5. The van der Waals surface area contributed by atoms with E-state index in [1.165, 1.54) is 45.3 Å². The number of anilines is 2. The molecule has 0 amide bonds. The van der Waals surface area contributed by atoms with E-state index in [4.69, 9.17) is 4.74 Å². The summed E-state index contributed by atoms with van der Waals surface area (Å²) in [7, 11) is 4.00. The number of nitrogens with one attached hydrogen (secondary N) is 1. The maximum Gasteiger partial charge on any atom is 0.133 e. The highest BCUT2D eigenvalue weighted by Crippen LogP contribution is 2.20. The van der Waals surface area contributed by atoms with Gasteiger partial charge >= 0.3 is 0 Å². The Bertz CT molecular complexity index is 482. The summed E-state index contributed by atoms with van der Waals surface area (Å²) >= 11 is 0.